The van der Waals surface area contributed by atoms with E-state index in [0.717, 1.165) is 67.7 Å². The second-order valence-corrected chi connectivity index (χ2v) is 8.41. The molecule has 0 bridgehead atoms. The van der Waals surface area contributed by atoms with Gasteiger partial charge in [-0.2, -0.15) is 5.10 Å². The molecule has 1 saturated heterocycles. The first-order chi connectivity index (χ1) is 15.1. The highest BCUT2D eigenvalue weighted by Crippen LogP contribution is 2.37. The van der Waals surface area contributed by atoms with Crippen LogP contribution in [0, 0.1) is 0 Å². The van der Waals surface area contributed by atoms with Crippen LogP contribution in [0.25, 0.3) is 10.9 Å². The second kappa shape index (κ2) is 9.97. The number of aromatic nitrogens is 2. The van der Waals surface area contributed by atoms with Crippen LogP contribution < -0.4 is 10.1 Å². The number of ether oxygens (including phenoxy) is 3. The van der Waals surface area contributed by atoms with Crippen molar-refractivity contribution in [2.45, 2.75) is 57.3 Å². The largest absolute Gasteiger partial charge is 0.497 e. The molecule has 8 heteroatoms. The van der Waals surface area contributed by atoms with E-state index in [1.165, 1.54) is 0 Å². The van der Waals surface area contributed by atoms with Gasteiger partial charge >= 0.3 is 0 Å². The summed E-state index contributed by atoms with van der Waals surface area (Å²) in [5, 5.41) is 9.33. The fourth-order valence-corrected chi connectivity index (χ4v) is 4.36. The van der Waals surface area contributed by atoms with Gasteiger partial charge in [-0.05, 0) is 44.7 Å². The van der Waals surface area contributed by atoms with Crippen molar-refractivity contribution in [1.82, 2.24) is 20.0 Å². The summed E-state index contributed by atoms with van der Waals surface area (Å²) in [6.07, 6.45) is 3.62. The number of benzene rings is 1. The summed E-state index contributed by atoms with van der Waals surface area (Å²) < 4.78 is 18.5. The van der Waals surface area contributed by atoms with E-state index in [4.69, 9.17) is 19.3 Å². The quantitative estimate of drug-likeness (QED) is 0.584. The lowest BCUT2D eigenvalue weighted by molar-refractivity contribution is -0.148. The Morgan fingerprint density at radius 3 is 2.87 bits per heavy atom. The molecule has 0 spiro atoms. The van der Waals surface area contributed by atoms with Crippen molar-refractivity contribution >= 4 is 16.8 Å². The summed E-state index contributed by atoms with van der Waals surface area (Å²) in [4.78, 5) is 15.4. The molecule has 8 nitrogen and oxygen atoms in total. The fraction of sp³-hybridized carbons (Fsp3) is 0.652. The predicted molar refractivity (Wildman–Crippen MR) is 118 cm³/mol. The maximum Gasteiger partial charge on any atom is 0.253 e. The molecular weight excluding hydrogens is 396 g/mol. The molecule has 1 saturated carbocycles. The summed E-state index contributed by atoms with van der Waals surface area (Å²) >= 11 is 0. The SMILES string of the molecule is COCCCCn1nc([C@@H](C)N(C(=O)[C@H]2CNCCO2)C2CC2)c2ccc(OC)cc21. The molecule has 2 atom stereocenters. The maximum atomic E-state index is 13.4. The van der Waals surface area contributed by atoms with Gasteiger partial charge in [-0.3, -0.25) is 9.48 Å². The standard InChI is InChI=1S/C23H34N4O4/c1-16(27(17-6-7-17)23(28)21-15-24-10-13-31-21)22-19-9-8-18(30-3)14-20(19)26(25-22)11-4-5-12-29-2/h8-9,14,16-17,21,24H,4-7,10-13,15H2,1-3H3/t16-,21-/m1/s1. The molecule has 1 aromatic heterocycles. The number of carbonyl (C=O) groups excluding carboxylic acids is 1. The summed E-state index contributed by atoms with van der Waals surface area (Å²) in [6, 6.07) is 6.21. The van der Waals surface area contributed by atoms with Crippen LogP contribution in [0.4, 0.5) is 0 Å². The Hall–Kier alpha value is -2.16. The number of carbonyl (C=O) groups is 1. The first-order valence-electron chi connectivity index (χ1n) is 11.3. The zero-order valence-electron chi connectivity index (χ0n) is 18.8. The Labute approximate surface area is 183 Å². The van der Waals surface area contributed by atoms with Crippen LogP contribution in [0.1, 0.15) is 44.3 Å². The number of nitrogens with zero attached hydrogens (tertiary/aromatic N) is 3. The van der Waals surface area contributed by atoms with Crippen LogP contribution in [0.3, 0.4) is 0 Å². The summed E-state index contributed by atoms with van der Waals surface area (Å²) in [5.74, 6) is 0.875. The Morgan fingerprint density at radius 1 is 1.35 bits per heavy atom. The van der Waals surface area contributed by atoms with E-state index >= 15 is 0 Å². The monoisotopic (exact) mass is 430 g/mol. The van der Waals surface area contributed by atoms with Gasteiger partial charge < -0.3 is 24.4 Å². The number of fused-ring (bicyclic) bond motifs is 1. The van der Waals surface area contributed by atoms with Crippen molar-refractivity contribution in [3.63, 3.8) is 0 Å². The van der Waals surface area contributed by atoms with Crippen molar-refractivity contribution in [1.29, 1.82) is 0 Å². The molecule has 2 heterocycles. The Balaban J connectivity index is 1.63. The van der Waals surface area contributed by atoms with Crippen molar-refractivity contribution in [3.05, 3.63) is 23.9 Å². The molecule has 1 aliphatic carbocycles. The molecular formula is C23H34N4O4. The topological polar surface area (TPSA) is 77.9 Å². The van der Waals surface area contributed by atoms with Crippen molar-refractivity contribution in [3.8, 4) is 5.75 Å². The molecule has 1 N–H and O–H groups in total. The third kappa shape index (κ3) is 4.86. The molecule has 2 aliphatic rings. The first kappa shape index (κ1) is 22.0. The van der Waals surface area contributed by atoms with Crippen LogP contribution in [-0.4, -0.2) is 73.3 Å². The molecule has 1 aromatic carbocycles. The molecule has 4 rings (SSSR count). The van der Waals surface area contributed by atoms with Gasteiger partial charge in [0, 0.05) is 50.8 Å². The maximum absolute atomic E-state index is 13.4. The Morgan fingerprint density at radius 2 is 2.19 bits per heavy atom. The number of unbranched alkanes of at least 4 members (excludes halogenated alkanes) is 1. The number of methoxy groups -OCH3 is 2. The lowest BCUT2D eigenvalue weighted by Crippen LogP contribution is -2.50. The highest BCUT2D eigenvalue weighted by molar-refractivity contribution is 5.86. The van der Waals surface area contributed by atoms with Crippen LogP contribution in [0.2, 0.25) is 0 Å². The van der Waals surface area contributed by atoms with E-state index in [2.05, 4.69) is 18.3 Å². The lowest BCUT2D eigenvalue weighted by Gasteiger charge is -2.33. The predicted octanol–water partition coefficient (Wildman–Crippen LogP) is 2.51. The zero-order chi connectivity index (χ0) is 21.8. The smallest absolute Gasteiger partial charge is 0.253 e. The summed E-state index contributed by atoms with van der Waals surface area (Å²) in [7, 11) is 3.40. The summed E-state index contributed by atoms with van der Waals surface area (Å²) in [6.45, 7) is 5.57. The number of hydrogen-bond acceptors (Lipinski definition) is 6. The first-order valence-corrected chi connectivity index (χ1v) is 11.3. The molecule has 31 heavy (non-hydrogen) atoms. The van der Waals surface area contributed by atoms with Crippen LogP contribution >= 0.6 is 0 Å². The van der Waals surface area contributed by atoms with Gasteiger partial charge in [0.15, 0.2) is 0 Å². The average Bonchev–Trinajstić information content (AvgIpc) is 3.57. The fourth-order valence-electron chi connectivity index (χ4n) is 4.36. The highest BCUT2D eigenvalue weighted by Gasteiger charge is 2.41. The van der Waals surface area contributed by atoms with Gasteiger partial charge in [0.25, 0.3) is 5.91 Å². The highest BCUT2D eigenvalue weighted by atomic mass is 16.5. The van der Waals surface area contributed by atoms with E-state index in [-0.39, 0.29) is 18.0 Å². The van der Waals surface area contributed by atoms with E-state index in [1.807, 2.05) is 21.7 Å². The summed E-state index contributed by atoms with van der Waals surface area (Å²) in [5.41, 5.74) is 1.98. The molecule has 1 aliphatic heterocycles. The second-order valence-electron chi connectivity index (χ2n) is 8.41. The van der Waals surface area contributed by atoms with Gasteiger partial charge in [0.2, 0.25) is 0 Å². The third-order valence-corrected chi connectivity index (χ3v) is 6.17. The molecule has 2 aromatic rings. The molecule has 0 radical (unpaired) electrons. The Bertz CT molecular complexity index is 889. The average molecular weight is 431 g/mol. The molecule has 1 amide bonds. The van der Waals surface area contributed by atoms with Crippen molar-refractivity contribution in [2.24, 2.45) is 0 Å². The van der Waals surface area contributed by atoms with Gasteiger partial charge in [0.05, 0.1) is 31.0 Å². The van der Waals surface area contributed by atoms with Crippen LogP contribution in [-0.2, 0) is 20.8 Å². The zero-order valence-corrected chi connectivity index (χ0v) is 18.8. The lowest BCUT2D eigenvalue weighted by atomic mass is 10.1. The van der Waals surface area contributed by atoms with Crippen molar-refractivity contribution < 1.29 is 19.0 Å². The number of rotatable bonds is 10. The minimum Gasteiger partial charge on any atom is -0.497 e. The van der Waals surface area contributed by atoms with E-state index in [0.29, 0.717) is 13.2 Å². The van der Waals surface area contributed by atoms with E-state index in [9.17, 15) is 4.79 Å². The van der Waals surface area contributed by atoms with Gasteiger partial charge in [-0.15, -0.1) is 0 Å². The number of morpholine rings is 1. The number of amides is 1. The van der Waals surface area contributed by atoms with Gasteiger partial charge in [-0.1, -0.05) is 0 Å². The number of aryl methyl sites for hydroxylation is 1. The third-order valence-electron chi connectivity index (χ3n) is 6.17. The van der Waals surface area contributed by atoms with E-state index < -0.39 is 6.10 Å². The normalized spacial score (nSPS) is 20.0. The number of hydrogen-bond donors (Lipinski definition) is 1. The van der Waals surface area contributed by atoms with Gasteiger partial charge in [0.1, 0.15) is 11.9 Å². The minimum atomic E-state index is -0.417. The molecule has 0 unspecified atom stereocenters. The van der Waals surface area contributed by atoms with Crippen molar-refractivity contribution in [2.75, 3.05) is 40.5 Å². The van der Waals surface area contributed by atoms with Crippen LogP contribution in [0.5, 0.6) is 5.75 Å². The number of nitrogens with one attached hydrogen (secondary N) is 1. The molecule has 2 fully saturated rings. The van der Waals surface area contributed by atoms with E-state index in [1.54, 1.807) is 14.2 Å². The molecule has 170 valence electrons. The van der Waals surface area contributed by atoms with Gasteiger partial charge in [-0.25, -0.2) is 0 Å². The minimum absolute atomic E-state index is 0.0681. The Kier molecular flexibility index (Phi) is 7.09. The van der Waals surface area contributed by atoms with Crippen LogP contribution in [0.15, 0.2) is 18.2 Å².